The molecule has 13 nitrogen and oxygen atoms in total. The van der Waals surface area contributed by atoms with Crippen molar-refractivity contribution in [3.05, 3.63) is 12.2 Å². The van der Waals surface area contributed by atoms with Gasteiger partial charge in [0.25, 0.3) is 0 Å². The third kappa shape index (κ3) is 30.7. The average molecular weight is 907 g/mol. The van der Waals surface area contributed by atoms with Gasteiger partial charge in [-0.05, 0) is 38.5 Å². The Morgan fingerprint density at radius 2 is 0.823 bits per heavy atom. The van der Waals surface area contributed by atoms with Crippen molar-refractivity contribution in [1.82, 2.24) is 0 Å². The molecule has 366 valence electrons. The van der Waals surface area contributed by atoms with Gasteiger partial charge in [0.15, 0.2) is 6.10 Å². The minimum atomic E-state index is -5.12. The van der Waals surface area contributed by atoms with Crippen LogP contribution in [0.5, 0.6) is 0 Å². The van der Waals surface area contributed by atoms with E-state index in [1.807, 2.05) is 0 Å². The lowest BCUT2D eigenvalue weighted by atomic mass is 9.85. The van der Waals surface area contributed by atoms with Crippen molar-refractivity contribution in [2.45, 2.75) is 268 Å². The van der Waals surface area contributed by atoms with E-state index in [2.05, 4.69) is 26.0 Å². The number of esters is 2. The van der Waals surface area contributed by atoms with Gasteiger partial charge in [-0.3, -0.25) is 18.6 Å². The fourth-order valence-electron chi connectivity index (χ4n) is 7.81. The molecule has 1 rings (SSSR count). The van der Waals surface area contributed by atoms with Crippen LogP contribution in [-0.2, 0) is 32.7 Å². The molecule has 8 atom stereocenters. The molecule has 0 spiro atoms. The summed E-state index contributed by atoms with van der Waals surface area (Å²) in [6.45, 7) is 3.32. The summed E-state index contributed by atoms with van der Waals surface area (Å²) in [5.41, 5.74) is 0. The smallest absolute Gasteiger partial charge is 0.462 e. The van der Waals surface area contributed by atoms with Gasteiger partial charge in [-0.2, -0.15) is 0 Å². The van der Waals surface area contributed by atoms with Gasteiger partial charge < -0.3 is 39.9 Å². The summed E-state index contributed by atoms with van der Waals surface area (Å²) in [6, 6.07) is 0. The summed E-state index contributed by atoms with van der Waals surface area (Å²) in [5, 5.41) is 50.2. The molecular weight excluding hydrogens is 815 g/mol. The maximum atomic E-state index is 12.8. The molecule has 1 aliphatic carbocycles. The molecule has 0 aromatic rings. The summed E-state index contributed by atoms with van der Waals surface area (Å²) in [5.74, 6) is -1.10. The first-order chi connectivity index (χ1) is 29.9. The van der Waals surface area contributed by atoms with E-state index in [1.54, 1.807) is 0 Å². The average Bonchev–Trinajstić information content (AvgIpc) is 3.25. The quantitative estimate of drug-likeness (QED) is 0.0146. The second-order valence-electron chi connectivity index (χ2n) is 17.7. The zero-order valence-electron chi connectivity index (χ0n) is 38.9. The number of aliphatic hydroxyl groups is 5. The highest BCUT2D eigenvalue weighted by atomic mass is 31.2. The number of allylic oxidation sites excluding steroid dienone is 2. The van der Waals surface area contributed by atoms with Gasteiger partial charge >= 0.3 is 19.8 Å². The molecule has 14 heteroatoms. The topological polar surface area (TPSA) is 210 Å². The van der Waals surface area contributed by atoms with E-state index in [0.29, 0.717) is 12.8 Å². The van der Waals surface area contributed by atoms with Crippen molar-refractivity contribution in [3.63, 3.8) is 0 Å². The van der Waals surface area contributed by atoms with Crippen LogP contribution in [0.2, 0.25) is 0 Å². The van der Waals surface area contributed by atoms with Crippen molar-refractivity contribution in [2.75, 3.05) is 13.2 Å². The van der Waals surface area contributed by atoms with Gasteiger partial charge in [0.2, 0.25) is 0 Å². The molecule has 1 fully saturated rings. The van der Waals surface area contributed by atoms with Crippen molar-refractivity contribution in [1.29, 1.82) is 0 Å². The van der Waals surface area contributed by atoms with Gasteiger partial charge in [-0.1, -0.05) is 187 Å². The van der Waals surface area contributed by atoms with Gasteiger partial charge in [0, 0.05) is 12.8 Å². The van der Waals surface area contributed by atoms with Gasteiger partial charge in [0.1, 0.15) is 43.2 Å². The van der Waals surface area contributed by atoms with Crippen molar-refractivity contribution in [2.24, 2.45) is 0 Å². The molecule has 62 heavy (non-hydrogen) atoms. The molecule has 1 saturated carbocycles. The lowest BCUT2D eigenvalue weighted by Crippen LogP contribution is -2.64. The fourth-order valence-corrected chi connectivity index (χ4v) is 8.79. The molecule has 0 heterocycles. The molecule has 0 aliphatic heterocycles. The Morgan fingerprint density at radius 3 is 1.23 bits per heavy atom. The Kier molecular flexibility index (Phi) is 36.7. The number of unbranched alkanes of at least 4 members (excludes halogenated alkanes) is 28. The predicted octanol–water partition coefficient (Wildman–Crippen LogP) is 10.2. The van der Waals surface area contributed by atoms with Crippen molar-refractivity contribution in [3.8, 4) is 0 Å². The van der Waals surface area contributed by atoms with Crippen molar-refractivity contribution >= 4 is 19.8 Å². The molecule has 6 N–H and O–H groups in total. The standard InChI is InChI=1S/C48H91O13P/c1-3-5-7-9-11-13-15-17-19-20-21-23-24-26-28-30-32-34-36-41(49)58-38-40(39-59-62(56,57)61-48-46(54)44(52)43(51)45(53)47(48)55)60-42(50)37-35-33-31-29-27-25-22-18-16-14-12-10-8-6-4-2/h18,22,40,43-48,51-55H,3-17,19-21,23-39H2,1-2H3,(H,56,57)/b22-18+/t40-,43?,44-,45?,46?,47?,48?/m0/s1. The number of carbonyl (C=O) groups is 2. The van der Waals surface area contributed by atoms with E-state index < -0.39 is 75.7 Å². The van der Waals surface area contributed by atoms with Crippen LogP contribution in [0.1, 0.15) is 226 Å². The molecule has 0 bridgehead atoms. The van der Waals surface area contributed by atoms with Crippen LogP contribution >= 0.6 is 7.82 Å². The van der Waals surface area contributed by atoms with Crippen LogP contribution in [0.15, 0.2) is 12.2 Å². The zero-order valence-corrected chi connectivity index (χ0v) is 39.8. The second kappa shape index (κ2) is 38.8. The highest BCUT2D eigenvalue weighted by molar-refractivity contribution is 7.47. The summed E-state index contributed by atoms with van der Waals surface area (Å²) < 4.78 is 33.6. The van der Waals surface area contributed by atoms with Crippen molar-refractivity contribution < 1.29 is 63.1 Å². The highest BCUT2D eigenvalue weighted by Crippen LogP contribution is 2.47. The van der Waals surface area contributed by atoms with Crippen LogP contribution in [0.25, 0.3) is 0 Å². The van der Waals surface area contributed by atoms with Crippen LogP contribution in [0.3, 0.4) is 0 Å². The summed E-state index contributed by atoms with van der Waals surface area (Å²) >= 11 is 0. The zero-order chi connectivity index (χ0) is 45.7. The Hall–Kier alpha value is -1.41. The van der Waals surface area contributed by atoms with E-state index in [1.165, 1.54) is 128 Å². The van der Waals surface area contributed by atoms with E-state index in [-0.39, 0.29) is 12.8 Å². The number of ether oxygens (including phenoxy) is 2. The summed E-state index contributed by atoms with van der Waals surface area (Å²) in [6.07, 6.45) is 28.3. The second-order valence-corrected chi connectivity index (χ2v) is 19.1. The molecule has 6 unspecified atom stereocenters. The van der Waals surface area contributed by atoms with E-state index in [4.69, 9.17) is 18.5 Å². The highest BCUT2D eigenvalue weighted by Gasteiger charge is 2.51. The molecule has 0 aromatic carbocycles. The monoisotopic (exact) mass is 907 g/mol. The summed E-state index contributed by atoms with van der Waals surface area (Å²) in [4.78, 5) is 35.8. The number of hydrogen-bond donors (Lipinski definition) is 6. The Balaban J connectivity index is 2.40. The number of phosphoric ester groups is 1. The number of aliphatic hydroxyl groups excluding tert-OH is 5. The van der Waals surface area contributed by atoms with Gasteiger partial charge in [-0.25, -0.2) is 4.57 Å². The first-order valence-corrected chi connectivity index (χ1v) is 26.5. The Bertz CT molecular complexity index is 1140. The van der Waals surface area contributed by atoms with E-state index in [9.17, 15) is 44.6 Å². The lowest BCUT2D eigenvalue weighted by molar-refractivity contribution is -0.220. The van der Waals surface area contributed by atoms with Crippen LogP contribution in [0.4, 0.5) is 0 Å². The Morgan fingerprint density at radius 1 is 0.484 bits per heavy atom. The van der Waals surface area contributed by atoms with E-state index >= 15 is 0 Å². The maximum Gasteiger partial charge on any atom is 0.472 e. The number of hydrogen-bond acceptors (Lipinski definition) is 12. The minimum absolute atomic E-state index is 0.0910. The largest absolute Gasteiger partial charge is 0.472 e. The van der Waals surface area contributed by atoms with Gasteiger partial charge in [0.05, 0.1) is 6.61 Å². The maximum absolute atomic E-state index is 12.8. The molecule has 0 saturated heterocycles. The fraction of sp³-hybridized carbons (Fsp3) is 0.917. The minimum Gasteiger partial charge on any atom is -0.462 e. The first kappa shape index (κ1) is 58.6. The van der Waals surface area contributed by atoms with Crippen LogP contribution < -0.4 is 0 Å². The number of rotatable bonds is 42. The van der Waals surface area contributed by atoms with E-state index in [0.717, 1.165) is 57.8 Å². The molecule has 0 amide bonds. The molecule has 0 aromatic heterocycles. The molecule has 1 aliphatic rings. The third-order valence-electron chi connectivity index (χ3n) is 11.9. The number of carbonyl (C=O) groups excluding carboxylic acids is 2. The normalized spacial score (nSPS) is 21.9. The van der Waals surface area contributed by atoms with Crippen LogP contribution in [-0.4, -0.2) is 98.3 Å². The lowest BCUT2D eigenvalue weighted by Gasteiger charge is -2.41. The Labute approximate surface area is 375 Å². The summed E-state index contributed by atoms with van der Waals surface area (Å²) in [7, 11) is -5.12. The first-order valence-electron chi connectivity index (χ1n) is 25.0. The van der Waals surface area contributed by atoms with Gasteiger partial charge in [-0.15, -0.1) is 0 Å². The molecule has 0 radical (unpaired) electrons. The molecular formula is C48H91O13P. The predicted molar refractivity (Wildman–Crippen MR) is 244 cm³/mol. The third-order valence-corrected chi connectivity index (χ3v) is 12.8. The number of phosphoric acid groups is 1. The van der Waals surface area contributed by atoms with Crippen LogP contribution in [0, 0.1) is 0 Å². The SMILES string of the molecule is CCCCCCCC/C=C/CCCCCCCC(=O)O[C@@H](COC(=O)CCCCCCCCCCCCCCCCCCCC)COP(=O)(O)OC1C(O)C(O)C(O)[C@H](O)C1O.